The number of hydrogen-bond donors (Lipinski definition) is 1. The zero-order chi connectivity index (χ0) is 13.3. The molecular formula is C15H21N3S. The van der Waals surface area contributed by atoms with Gasteiger partial charge in [0.25, 0.3) is 0 Å². The molecule has 0 fully saturated rings. The molecule has 2 aromatic rings. The van der Waals surface area contributed by atoms with Gasteiger partial charge in [0, 0.05) is 37.3 Å². The van der Waals surface area contributed by atoms with Gasteiger partial charge in [-0.15, -0.1) is 11.3 Å². The second-order valence-electron chi connectivity index (χ2n) is 4.63. The summed E-state index contributed by atoms with van der Waals surface area (Å²) in [6.45, 7) is 4.03. The Balaban J connectivity index is 1.55. The Morgan fingerprint density at radius 2 is 2.16 bits per heavy atom. The van der Waals surface area contributed by atoms with Gasteiger partial charge < -0.3 is 10.2 Å². The van der Waals surface area contributed by atoms with Crippen LogP contribution in [0.1, 0.15) is 10.6 Å². The minimum atomic E-state index is 0.847. The van der Waals surface area contributed by atoms with Crippen LogP contribution in [0.15, 0.2) is 41.9 Å². The van der Waals surface area contributed by atoms with Gasteiger partial charge >= 0.3 is 0 Å². The third-order valence-electron chi connectivity index (χ3n) is 3.02. The predicted octanol–water partition coefficient (Wildman–Crippen LogP) is 2.41. The third-order valence-corrected chi connectivity index (χ3v) is 3.96. The van der Waals surface area contributed by atoms with E-state index in [1.807, 2.05) is 35.7 Å². The van der Waals surface area contributed by atoms with Crippen LogP contribution in [-0.2, 0) is 13.0 Å². The van der Waals surface area contributed by atoms with E-state index in [9.17, 15) is 0 Å². The van der Waals surface area contributed by atoms with Gasteiger partial charge in [-0.3, -0.25) is 4.98 Å². The van der Waals surface area contributed by atoms with E-state index in [0.717, 1.165) is 38.3 Å². The summed E-state index contributed by atoms with van der Waals surface area (Å²) in [6, 6.07) is 10.3. The number of hydrogen-bond acceptors (Lipinski definition) is 4. The zero-order valence-electron chi connectivity index (χ0n) is 11.4. The lowest BCUT2D eigenvalue weighted by Crippen LogP contribution is -2.30. The summed E-state index contributed by atoms with van der Waals surface area (Å²) < 4.78 is 0. The molecule has 0 aliphatic rings. The molecular weight excluding hydrogens is 254 g/mol. The standard InChI is InChI=1S/C15H21N3S/c1-18(10-7-15-6-4-12-19-15)11-9-16-13-14-5-2-3-8-17-14/h2-6,8,12,16H,7,9-11,13H2,1H3. The van der Waals surface area contributed by atoms with Crippen molar-refractivity contribution >= 4 is 11.3 Å². The van der Waals surface area contributed by atoms with Crippen LogP contribution in [0.2, 0.25) is 0 Å². The van der Waals surface area contributed by atoms with E-state index in [4.69, 9.17) is 0 Å². The fraction of sp³-hybridized carbons (Fsp3) is 0.400. The maximum atomic E-state index is 4.29. The molecule has 102 valence electrons. The summed E-state index contributed by atoms with van der Waals surface area (Å²) in [7, 11) is 2.18. The van der Waals surface area contributed by atoms with Crippen molar-refractivity contribution in [2.75, 3.05) is 26.7 Å². The van der Waals surface area contributed by atoms with E-state index in [0.29, 0.717) is 0 Å². The first-order valence-corrected chi connectivity index (χ1v) is 7.54. The van der Waals surface area contributed by atoms with Crippen LogP contribution in [0.25, 0.3) is 0 Å². The fourth-order valence-electron chi connectivity index (χ4n) is 1.86. The highest BCUT2D eigenvalue weighted by atomic mass is 32.1. The van der Waals surface area contributed by atoms with Crippen LogP contribution in [0.3, 0.4) is 0 Å². The summed E-state index contributed by atoms with van der Waals surface area (Å²) in [5.41, 5.74) is 1.10. The first-order chi connectivity index (χ1) is 9.34. The van der Waals surface area contributed by atoms with Crippen LogP contribution < -0.4 is 5.32 Å². The molecule has 0 saturated carbocycles. The quantitative estimate of drug-likeness (QED) is 0.750. The van der Waals surface area contributed by atoms with E-state index in [-0.39, 0.29) is 0 Å². The predicted molar refractivity (Wildman–Crippen MR) is 81.5 cm³/mol. The maximum absolute atomic E-state index is 4.29. The molecule has 2 heterocycles. The number of nitrogens with zero attached hydrogens (tertiary/aromatic N) is 2. The number of pyridine rings is 1. The molecule has 2 rings (SSSR count). The Hall–Kier alpha value is -1.23. The number of thiophene rings is 1. The van der Waals surface area contributed by atoms with Gasteiger partial charge in [0.2, 0.25) is 0 Å². The molecule has 0 radical (unpaired) electrons. The van der Waals surface area contributed by atoms with E-state index in [1.165, 1.54) is 4.88 Å². The third kappa shape index (κ3) is 5.51. The highest BCUT2D eigenvalue weighted by molar-refractivity contribution is 7.09. The Morgan fingerprint density at radius 3 is 2.89 bits per heavy atom. The van der Waals surface area contributed by atoms with E-state index in [1.54, 1.807) is 0 Å². The SMILES string of the molecule is CN(CCNCc1ccccn1)CCc1cccs1. The van der Waals surface area contributed by atoms with E-state index >= 15 is 0 Å². The maximum Gasteiger partial charge on any atom is 0.0541 e. The average molecular weight is 275 g/mol. The van der Waals surface area contributed by atoms with Crippen molar-refractivity contribution in [1.82, 2.24) is 15.2 Å². The van der Waals surface area contributed by atoms with Gasteiger partial charge in [-0.2, -0.15) is 0 Å². The molecule has 0 amide bonds. The van der Waals surface area contributed by atoms with Crippen LogP contribution in [0.5, 0.6) is 0 Å². The molecule has 2 aromatic heterocycles. The lowest BCUT2D eigenvalue weighted by molar-refractivity contribution is 0.336. The molecule has 0 aliphatic heterocycles. The fourth-order valence-corrected chi connectivity index (χ4v) is 2.55. The van der Waals surface area contributed by atoms with Crippen molar-refractivity contribution in [2.24, 2.45) is 0 Å². The molecule has 0 spiro atoms. The van der Waals surface area contributed by atoms with Gasteiger partial charge in [0.1, 0.15) is 0 Å². The molecule has 1 N–H and O–H groups in total. The molecule has 0 unspecified atom stereocenters. The Labute approximate surface area is 119 Å². The molecule has 0 saturated heterocycles. The van der Waals surface area contributed by atoms with Crippen LogP contribution in [0.4, 0.5) is 0 Å². The van der Waals surface area contributed by atoms with Gasteiger partial charge in [-0.25, -0.2) is 0 Å². The molecule has 0 atom stereocenters. The lowest BCUT2D eigenvalue weighted by atomic mass is 10.3. The summed E-state index contributed by atoms with van der Waals surface area (Å²) in [5, 5.41) is 5.57. The largest absolute Gasteiger partial charge is 0.310 e. The highest BCUT2D eigenvalue weighted by Crippen LogP contribution is 2.09. The molecule has 19 heavy (non-hydrogen) atoms. The van der Waals surface area contributed by atoms with Gasteiger partial charge in [0.15, 0.2) is 0 Å². The number of rotatable bonds is 8. The van der Waals surface area contributed by atoms with Crippen molar-refractivity contribution in [3.05, 3.63) is 52.5 Å². The summed E-state index contributed by atoms with van der Waals surface area (Å²) >= 11 is 1.84. The summed E-state index contributed by atoms with van der Waals surface area (Å²) in [4.78, 5) is 8.12. The first-order valence-electron chi connectivity index (χ1n) is 6.66. The molecule has 0 bridgehead atoms. The second-order valence-corrected chi connectivity index (χ2v) is 5.66. The van der Waals surface area contributed by atoms with Gasteiger partial charge in [-0.05, 0) is 37.0 Å². The van der Waals surface area contributed by atoms with Gasteiger partial charge in [-0.1, -0.05) is 12.1 Å². The number of nitrogens with one attached hydrogen (secondary N) is 1. The number of aromatic nitrogens is 1. The van der Waals surface area contributed by atoms with E-state index < -0.39 is 0 Å². The van der Waals surface area contributed by atoms with Crippen molar-refractivity contribution in [1.29, 1.82) is 0 Å². The lowest BCUT2D eigenvalue weighted by Gasteiger charge is -2.16. The van der Waals surface area contributed by atoms with Crippen molar-refractivity contribution in [3.8, 4) is 0 Å². The summed E-state index contributed by atoms with van der Waals surface area (Å²) in [5.74, 6) is 0. The van der Waals surface area contributed by atoms with Gasteiger partial charge in [0.05, 0.1) is 5.69 Å². The highest BCUT2D eigenvalue weighted by Gasteiger charge is 2.00. The molecule has 0 aromatic carbocycles. The smallest absolute Gasteiger partial charge is 0.0541 e. The monoisotopic (exact) mass is 275 g/mol. The van der Waals surface area contributed by atoms with Crippen molar-refractivity contribution in [3.63, 3.8) is 0 Å². The first kappa shape index (κ1) is 14.2. The second kappa shape index (κ2) is 8.04. The number of likely N-dealkylation sites (N-methyl/N-ethyl adjacent to an activating group) is 1. The van der Waals surface area contributed by atoms with Crippen LogP contribution in [-0.4, -0.2) is 36.6 Å². The zero-order valence-corrected chi connectivity index (χ0v) is 12.2. The average Bonchev–Trinajstić information content (AvgIpc) is 2.96. The molecule has 3 nitrogen and oxygen atoms in total. The van der Waals surface area contributed by atoms with E-state index in [2.05, 4.69) is 39.8 Å². The van der Waals surface area contributed by atoms with Crippen molar-refractivity contribution in [2.45, 2.75) is 13.0 Å². The Morgan fingerprint density at radius 1 is 1.21 bits per heavy atom. The van der Waals surface area contributed by atoms with Crippen LogP contribution >= 0.6 is 11.3 Å². The Bertz CT molecular complexity index is 442. The Kier molecular flexibility index (Phi) is 6.01. The topological polar surface area (TPSA) is 28.2 Å². The normalized spacial score (nSPS) is 11.1. The molecule has 0 aliphatic carbocycles. The van der Waals surface area contributed by atoms with Crippen LogP contribution in [0, 0.1) is 0 Å². The summed E-state index contributed by atoms with van der Waals surface area (Å²) in [6.07, 6.45) is 2.98. The molecule has 4 heteroatoms. The minimum Gasteiger partial charge on any atom is -0.310 e. The van der Waals surface area contributed by atoms with Crippen molar-refractivity contribution < 1.29 is 0 Å². The minimum absolute atomic E-state index is 0.847.